The van der Waals surface area contributed by atoms with Gasteiger partial charge in [-0.05, 0) is 43.7 Å². The highest BCUT2D eigenvalue weighted by atomic mass is 16.5. The monoisotopic (exact) mass is 246 g/mol. The van der Waals surface area contributed by atoms with Gasteiger partial charge < -0.3 is 9.84 Å². The SMILES string of the molecule is N#Cc1ccc(OCCN2CCCC(O)C2)cc1. The number of benzene rings is 1. The summed E-state index contributed by atoms with van der Waals surface area (Å²) in [4.78, 5) is 2.22. The third kappa shape index (κ3) is 3.73. The van der Waals surface area contributed by atoms with E-state index in [0.29, 0.717) is 12.2 Å². The van der Waals surface area contributed by atoms with E-state index >= 15 is 0 Å². The van der Waals surface area contributed by atoms with Gasteiger partial charge in [0.05, 0.1) is 17.7 Å². The van der Waals surface area contributed by atoms with Crippen molar-refractivity contribution in [2.75, 3.05) is 26.2 Å². The number of aliphatic hydroxyl groups is 1. The molecule has 0 saturated carbocycles. The first-order valence-electron chi connectivity index (χ1n) is 6.31. The molecule has 1 aliphatic heterocycles. The van der Waals surface area contributed by atoms with Gasteiger partial charge in [0.25, 0.3) is 0 Å². The number of hydrogen-bond acceptors (Lipinski definition) is 4. The fraction of sp³-hybridized carbons (Fsp3) is 0.500. The summed E-state index contributed by atoms with van der Waals surface area (Å²) in [5.41, 5.74) is 0.640. The number of hydrogen-bond donors (Lipinski definition) is 1. The molecule has 1 N–H and O–H groups in total. The van der Waals surface area contributed by atoms with Crippen LogP contribution in [-0.2, 0) is 0 Å². The van der Waals surface area contributed by atoms with Gasteiger partial charge in [-0.25, -0.2) is 0 Å². The Balaban J connectivity index is 1.72. The molecule has 2 rings (SSSR count). The van der Waals surface area contributed by atoms with E-state index in [1.54, 1.807) is 12.1 Å². The zero-order chi connectivity index (χ0) is 12.8. The maximum Gasteiger partial charge on any atom is 0.119 e. The Morgan fingerprint density at radius 1 is 1.39 bits per heavy atom. The Bertz CT molecular complexity index is 411. The molecule has 0 aliphatic carbocycles. The summed E-state index contributed by atoms with van der Waals surface area (Å²) >= 11 is 0. The summed E-state index contributed by atoms with van der Waals surface area (Å²) in [5, 5.41) is 18.2. The van der Waals surface area contributed by atoms with E-state index in [1.165, 1.54) is 0 Å². The molecule has 1 unspecified atom stereocenters. The first-order chi connectivity index (χ1) is 8.78. The van der Waals surface area contributed by atoms with Gasteiger partial charge in [0.15, 0.2) is 0 Å². The lowest BCUT2D eigenvalue weighted by Crippen LogP contribution is -2.40. The van der Waals surface area contributed by atoms with Gasteiger partial charge in [0.1, 0.15) is 12.4 Å². The largest absolute Gasteiger partial charge is 0.492 e. The highest BCUT2D eigenvalue weighted by Gasteiger charge is 2.16. The molecular formula is C14H18N2O2. The standard InChI is InChI=1S/C14H18N2O2/c15-10-12-3-5-14(6-4-12)18-9-8-16-7-1-2-13(17)11-16/h3-6,13,17H,1-2,7-9,11H2. The molecule has 0 amide bonds. The zero-order valence-corrected chi connectivity index (χ0v) is 10.4. The number of piperidine rings is 1. The molecule has 18 heavy (non-hydrogen) atoms. The molecule has 1 aromatic carbocycles. The first-order valence-corrected chi connectivity index (χ1v) is 6.31. The topological polar surface area (TPSA) is 56.5 Å². The lowest BCUT2D eigenvalue weighted by atomic mass is 10.1. The van der Waals surface area contributed by atoms with E-state index in [4.69, 9.17) is 10.00 Å². The molecule has 1 saturated heterocycles. The normalized spacial score (nSPS) is 20.3. The third-order valence-electron chi connectivity index (χ3n) is 3.14. The van der Waals surface area contributed by atoms with Gasteiger partial charge in [-0.2, -0.15) is 5.26 Å². The van der Waals surface area contributed by atoms with Crippen molar-refractivity contribution in [3.63, 3.8) is 0 Å². The summed E-state index contributed by atoms with van der Waals surface area (Å²) in [6.45, 7) is 3.22. The summed E-state index contributed by atoms with van der Waals surface area (Å²) in [6, 6.07) is 9.19. The van der Waals surface area contributed by atoms with Crippen LogP contribution in [0.15, 0.2) is 24.3 Å². The Morgan fingerprint density at radius 3 is 2.83 bits per heavy atom. The molecule has 1 aromatic rings. The van der Waals surface area contributed by atoms with Crippen molar-refractivity contribution in [2.45, 2.75) is 18.9 Å². The lowest BCUT2D eigenvalue weighted by Gasteiger charge is -2.29. The van der Waals surface area contributed by atoms with E-state index in [9.17, 15) is 5.11 Å². The maximum absolute atomic E-state index is 9.54. The molecule has 4 heteroatoms. The van der Waals surface area contributed by atoms with Crippen LogP contribution in [0.5, 0.6) is 5.75 Å². The van der Waals surface area contributed by atoms with Crippen LogP contribution >= 0.6 is 0 Å². The van der Waals surface area contributed by atoms with Gasteiger partial charge in [0, 0.05) is 13.1 Å². The van der Waals surface area contributed by atoms with Gasteiger partial charge in [-0.15, -0.1) is 0 Å². The number of rotatable bonds is 4. The Morgan fingerprint density at radius 2 is 2.17 bits per heavy atom. The average Bonchev–Trinajstić information content (AvgIpc) is 2.40. The summed E-state index contributed by atoms with van der Waals surface area (Å²) in [5.74, 6) is 0.784. The smallest absolute Gasteiger partial charge is 0.119 e. The average molecular weight is 246 g/mol. The molecular weight excluding hydrogens is 228 g/mol. The number of aliphatic hydroxyl groups excluding tert-OH is 1. The highest BCUT2D eigenvalue weighted by Crippen LogP contribution is 2.12. The van der Waals surface area contributed by atoms with Crippen molar-refractivity contribution in [3.8, 4) is 11.8 Å². The van der Waals surface area contributed by atoms with Gasteiger partial charge in [-0.1, -0.05) is 0 Å². The highest BCUT2D eigenvalue weighted by molar-refractivity contribution is 5.34. The van der Waals surface area contributed by atoms with E-state index in [1.807, 2.05) is 12.1 Å². The molecule has 0 aromatic heterocycles. The molecule has 0 spiro atoms. The maximum atomic E-state index is 9.54. The first kappa shape index (κ1) is 12.9. The second kappa shape index (κ2) is 6.39. The summed E-state index contributed by atoms with van der Waals surface area (Å²) in [6.07, 6.45) is 1.78. The lowest BCUT2D eigenvalue weighted by molar-refractivity contribution is 0.0633. The second-order valence-corrected chi connectivity index (χ2v) is 4.58. The number of nitriles is 1. The predicted molar refractivity (Wildman–Crippen MR) is 68.3 cm³/mol. The quantitative estimate of drug-likeness (QED) is 0.872. The third-order valence-corrected chi connectivity index (χ3v) is 3.14. The fourth-order valence-corrected chi connectivity index (χ4v) is 2.15. The molecule has 1 heterocycles. The minimum Gasteiger partial charge on any atom is -0.492 e. The zero-order valence-electron chi connectivity index (χ0n) is 10.4. The van der Waals surface area contributed by atoms with E-state index in [0.717, 1.165) is 38.2 Å². The van der Waals surface area contributed by atoms with Crippen molar-refractivity contribution in [2.24, 2.45) is 0 Å². The van der Waals surface area contributed by atoms with Crippen LogP contribution in [0.3, 0.4) is 0 Å². The Hall–Kier alpha value is -1.57. The van der Waals surface area contributed by atoms with Gasteiger partial charge >= 0.3 is 0 Å². The fourth-order valence-electron chi connectivity index (χ4n) is 2.15. The van der Waals surface area contributed by atoms with Crippen LogP contribution in [0, 0.1) is 11.3 Å². The minimum atomic E-state index is -0.186. The van der Waals surface area contributed by atoms with Crippen molar-refractivity contribution in [1.29, 1.82) is 5.26 Å². The molecule has 1 fully saturated rings. The van der Waals surface area contributed by atoms with Crippen molar-refractivity contribution >= 4 is 0 Å². The number of β-amino-alcohol motifs (C(OH)–C–C–N with tert-alkyl or cyclic N) is 1. The molecule has 1 atom stereocenters. The number of likely N-dealkylation sites (tertiary alicyclic amines) is 1. The molecule has 1 aliphatic rings. The van der Waals surface area contributed by atoms with Gasteiger partial charge in [0.2, 0.25) is 0 Å². The van der Waals surface area contributed by atoms with E-state index in [2.05, 4.69) is 11.0 Å². The van der Waals surface area contributed by atoms with Crippen molar-refractivity contribution in [3.05, 3.63) is 29.8 Å². The second-order valence-electron chi connectivity index (χ2n) is 4.58. The van der Waals surface area contributed by atoms with Crippen LogP contribution in [0.4, 0.5) is 0 Å². The Kier molecular flexibility index (Phi) is 4.57. The van der Waals surface area contributed by atoms with Crippen molar-refractivity contribution in [1.82, 2.24) is 4.90 Å². The van der Waals surface area contributed by atoms with Crippen molar-refractivity contribution < 1.29 is 9.84 Å². The Labute approximate surface area is 107 Å². The summed E-state index contributed by atoms with van der Waals surface area (Å²) in [7, 11) is 0. The number of nitrogens with zero attached hydrogens (tertiary/aromatic N) is 2. The minimum absolute atomic E-state index is 0.186. The molecule has 96 valence electrons. The summed E-state index contributed by atoms with van der Waals surface area (Å²) < 4.78 is 5.61. The molecule has 0 radical (unpaired) electrons. The molecule has 0 bridgehead atoms. The van der Waals surface area contributed by atoms with Crippen LogP contribution in [-0.4, -0.2) is 42.4 Å². The van der Waals surface area contributed by atoms with Crippen LogP contribution in [0.25, 0.3) is 0 Å². The van der Waals surface area contributed by atoms with Crippen LogP contribution in [0.2, 0.25) is 0 Å². The number of ether oxygens (including phenoxy) is 1. The van der Waals surface area contributed by atoms with Gasteiger partial charge in [-0.3, -0.25) is 4.90 Å². The van der Waals surface area contributed by atoms with Crippen LogP contribution < -0.4 is 4.74 Å². The predicted octanol–water partition coefficient (Wildman–Crippen LogP) is 1.39. The molecule has 4 nitrogen and oxygen atoms in total. The van der Waals surface area contributed by atoms with Crippen LogP contribution in [0.1, 0.15) is 18.4 Å². The van der Waals surface area contributed by atoms with E-state index < -0.39 is 0 Å². The van der Waals surface area contributed by atoms with E-state index in [-0.39, 0.29) is 6.10 Å².